The van der Waals surface area contributed by atoms with Crippen LogP contribution >= 0.6 is 0 Å². The Balaban J connectivity index is 4.26. The lowest BCUT2D eigenvalue weighted by molar-refractivity contribution is 0.379. The number of hydrogen-bond acceptors (Lipinski definition) is 1. The van der Waals surface area contributed by atoms with Gasteiger partial charge < -0.3 is 4.74 Å². The Kier molecular flexibility index (Phi) is 23.0. The minimum absolute atomic E-state index is 0.694. The molecule has 2 unspecified atom stereocenters. The molecule has 0 amide bonds. The van der Waals surface area contributed by atoms with E-state index in [1.54, 1.807) is 0 Å². The van der Waals surface area contributed by atoms with Crippen LogP contribution in [0.2, 0.25) is 0 Å². The van der Waals surface area contributed by atoms with Gasteiger partial charge >= 0.3 is 0 Å². The molecular formula is C28H54O. The minimum atomic E-state index is 0.694. The third-order valence-electron chi connectivity index (χ3n) is 6.07. The highest BCUT2D eigenvalue weighted by molar-refractivity contribution is 4.88. The van der Waals surface area contributed by atoms with Crippen LogP contribution in [-0.4, -0.2) is 0 Å². The van der Waals surface area contributed by atoms with Crippen molar-refractivity contribution in [1.29, 1.82) is 0 Å². The van der Waals surface area contributed by atoms with Crippen LogP contribution in [0.3, 0.4) is 0 Å². The van der Waals surface area contributed by atoms with Crippen LogP contribution in [-0.2, 0) is 4.74 Å². The predicted molar refractivity (Wildman–Crippen MR) is 132 cm³/mol. The van der Waals surface area contributed by atoms with E-state index >= 15 is 0 Å². The molecule has 0 aliphatic rings. The first-order chi connectivity index (χ1) is 14.3. The number of ether oxygens (including phenoxy) is 1. The smallest absolute Gasteiger partial charge is 0.0864 e. The Bertz CT molecular complexity index is 323. The number of hydrogen-bond donors (Lipinski definition) is 0. The van der Waals surface area contributed by atoms with Gasteiger partial charge in [0.15, 0.2) is 0 Å². The van der Waals surface area contributed by atoms with Gasteiger partial charge in [-0.05, 0) is 49.7 Å². The van der Waals surface area contributed by atoms with Gasteiger partial charge in [-0.2, -0.15) is 0 Å². The fourth-order valence-electron chi connectivity index (χ4n) is 3.98. The first-order valence-electron chi connectivity index (χ1n) is 13.3. The standard InChI is InChI=1S/C28H54O/c1-5-9-13-15-17-21-27(19-11-7-3)23-25-29-26-24-28(20-12-8-4)22-18-16-14-10-6-2/h23-28H,5-22H2,1-4H3. The van der Waals surface area contributed by atoms with E-state index in [9.17, 15) is 0 Å². The lowest BCUT2D eigenvalue weighted by Gasteiger charge is -2.13. The summed E-state index contributed by atoms with van der Waals surface area (Å²) in [6.45, 7) is 9.16. The zero-order valence-corrected chi connectivity index (χ0v) is 20.6. The van der Waals surface area contributed by atoms with Gasteiger partial charge in [-0.15, -0.1) is 0 Å². The molecule has 0 heterocycles. The first kappa shape index (κ1) is 28.3. The Labute approximate surface area is 184 Å². The molecule has 1 nitrogen and oxygen atoms in total. The fourth-order valence-corrected chi connectivity index (χ4v) is 3.98. The van der Waals surface area contributed by atoms with E-state index in [4.69, 9.17) is 4.74 Å². The van der Waals surface area contributed by atoms with Gasteiger partial charge in [0.1, 0.15) is 0 Å². The van der Waals surface area contributed by atoms with Crippen LogP contribution in [0.25, 0.3) is 0 Å². The maximum Gasteiger partial charge on any atom is 0.0864 e. The highest BCUT2D eigenvalue weighted by atomic mass is 16.5. The molecular weight excluding hydrogens is 352 g/mol. The van der Waals surface area contributed by atoms with Gasteiger partial charge in [0, 0.05) is 0 Å². The molecule has 2 atom stereocenters. The molecule has 0 radical (unpaired) electrons. The van der Waals surface area contributed by atoms with E-state index in [1.165, 1.54) is 116 Å². The van der Waals surface area contributed by atoms with Gasteiger partial charge in [-0.3, -0.25) is 0 Å². The van der Waals surface area contributed by atoms with Crippen LogP contribution in [0.1, 0.15) is 143 Å². The zero-order valence-electron chi connectivity index (χ0n) is 20.6. The molecule has 0 saturated carbocycles. The molecule has 0 aromatic rings. The fraction of sp³-hybridized carbons (Fsp3) is 0.857. The lowest BCUT2D eigenvalue weighted by atomic mass is 9.95. The maximum absolute atomic E-state index is 5.78. The zero-order chi connectivity index (χ0) is 21.4. The van der Waals surface area contributed by atoms with E-state index in [0.717, 1.165) is 0 Å². The molecule has 0 aliphatic carbocycles. The van der Waals surface area contributed by atoms with Crippen LogP contribution < -0.4 is 0 Å². The second-order valence-corrected chi connectivity index (χ2v) is 9.00. The van der Waals surface area contributed by atoms with Gasteiger partial charge in [0.2, 0.25) is 0 Å². The Hall–Kier alpha value is -0.720. The Morgan fingerprint density at radius 1 is 0.448 bits per heavy atom. The molecule has 0 spiro atoms. The molecule has 0 saturated heterocycles. The second kappa shape index (κ2) is 23.6. The Morgan fingerprint density at radius 2 is 0.793 bits per heavy atom. The van der Waals surface area contributed by atoms with Crippen LogP contribution in [0, 0.1) is 11.8 Å². The third-order valence-corrected chi connectivity index (χ3v) is 6.07. The average molecular weight is 407 g/mol. The van der Waals surface area contributed by atoms with Crippen molar-refractivity contribution in [3.63, 3.8) is 0 Å². The van der Waals surface area contributed by atoms with E-state index < -0.39 is 0 Å². The summed E-state index contributed by atoms with van der Waals surface area (Å²) in [4.78, 5) is 0. The summed E-state index contributed by atoms with van der Waals surface area (Å²) in [5, 5.41) is 0. The van der Waals surface area contributed by atoms with Gasteiger partial charge in [0.25, 0.3) is 0 Å². The third kappa shape index (κ3) is 20.3. The van der Waals surface area contributed by atoms with Crippen molar-refractivity contribution in [3.05, 3.63) is 24.7 Å². The second-order valence-electron chi connectivity index (χ2n) is 9.00. The molecule has 0 bridgehead atoms. The summed E-state index contributed by atoms with van der Waals surface area (Å²) in [6, 6.07) is 0. The van der Waals surface area contributed by atoms with Gasteiger partial charge in [-0.1, -0.05) is 118 Å². The highest BCUT2D eigenvalue weighted by Crippen LogP contribution is 2.20. The van der Waals surface area contributed by atoms with Crippen LogP contribution in [0.15, 0.2) is 24.7 Å². The number of unbranched alkanes of at least 4 members (excludes halogenated alkanes) is 10. The summed E-state index contributed by atoms with van der Waals surface area (Å²) < 4.78 is 5.78. The monoisotopic (exact) mass is 406 g/mol. The summed E-state index contributed by atoms with van der Waals surface area (Å²) in [5.74, 6) is 1.39. The topological polar surface area (TPSA) is 9.23 Å². The van der Waals surface area contributed by atoms with E-state index in [1.807, 2.05) is 12.5 Å². The van der Waals surface area contributed by atoms with Crippen LogP contribution in [0.5, 0.6) is 0 Å². The maximum atomic E-state index is 5.78. The van der Waals surface area contributed by atoms with Crippen molar-refractivity contribution in [1.82, 2.24) is 0 Å². The lowest BCUT2D eigenvalue weighted by Crippen LogP contribution is -1.98. The van der Waals surface area contributed by atoms with E-state index in [0.29, 0.717) is 11.8 Å². The SMILES string of the molecule is CCCCCCCC(C=COC=CC(CCCC)CCCCCCC)CCCC. The summed E-state index contributed by atoms with van der Waals surface area (Å²) in [6.07, 6.45) is 32.8. The van der Waals surface area contributed by atoms with Crippen molar-refractivity contribution in [3.8, 4) is 0 Å². The van der Waals surface area contributed by atoms with Crippen molar-refractivity contribution < 1.29 is 4.74 Å². The number of rotatable bonds is 22. The average Bonchev–Trinajstić information content (AvgIpc) is 2.73. The normalized spacial score (nSPS) is 14.1. The van der Waals surface area contributed by atoms with Gasteiger partial charge in [0.05, 0.1) is 12.5 Å². The minimum Gasteiger partial charge on any atom is -0.473 e. The van der Waals surface area contributed by atoms with Crippen molar-refractivity contribution in [2.24, 2.45) is 11.8 Å². The molecule has 0 fully saturated rings. The summed E-state index contributed by atoms with van der Waals surface area (Å²) >= 11 is 0. The quantitative estimate of drug-likeness (QED) is 0.128. The molecule has 0 rings (SSSR count). The molecule has 0 aromatic heterocycles. The van der Waals surface area contributed by atoms with Gasteiger partial charge in [-0.25, -0.2) is 0 Å². The van der Waals surface area contributed by atoms with Crippen molar-refractivity contribution in [2.45, 2.75) is 143 Å². The van der Waals surface area contributed by atoms with Crippen molar-refractivity contribution in [2.75, 3.05) is 0 Å². The summed E-state index contributed by atoms with van der Waals surface area (Å²) in [5.41, 5.74) is 0. The van der Waals surface area contributed by atoms with E-state index in [-0.39, 0.29) is 0 Å². The van der Waals surface area contributed by atoms with Crippen LogP contribution in [0.4, 0.5) is 0 Å². The largest absolute Gasteiger partial charge is 0.473 e. The molecule has 0 aliphatic heterocycles. The molecule has 29 heavy (non-hydrogen) atoms. The van der Waals surface area contributed by atoms with E-state index in [2.05, 4.69) is 39.8 Å². The highest BCUT2D eigenvalue weighted by Gasteiger charge is 2.06. The molecule has 172 valence electrons. The summed E-state index contributed by atoms with van der Waals surface area (Å²) in [7, 11) is 0. The first-order valence-corrected chi connectivity index (χ1v) is 13.3. The molecule has 0 N–H and O–H groups in total. The Morgan fingerprint density at radius 3 is 1.17 bits per heavy atom. The molecule has 0 aromatic carbocycles. The number of allylic oxidation sites excluding steroid dienone is 2. The molecule has 1 heteroatoms. The van der Waals surface area contributed by atoms with Crippen molar-refractivity contribution >= 4 is 0 Å². The predicted octanol–water partition coefficient (Wildman–Crippen LogP) is 10.4.